The van der Waals surface area contributed by atoms with E-state index >= 15 is 0 Å². The molecule has 0 aliphatic carbocycles. The molecule has 0 bridgehead atoms. The molecule has 0 spiro atoms. The molecule has 41 heavy (non-hydrogen) atoms. The predicted octanol–water partition coefficient (Wildman–Crippen LogP) is 13.5. The highest BCUT2D eigenvalue weighted by Gasteiger charge is 2.37. The molecule has 3 aromatic carbocycles. The van der Waals surface area contributed by atoms with Crippen LogP contribution in [0.5, 0.6) is 0 Å². The van der Waals surface area contributed by atoms with Gasteiger partial charge in [-0.1, -0.05) is 76.2 Å². The molecule has 7 rings (SSSR count). The van der Waals surface area contributed by atoms with Gasteiger partial charge in [0.1, 0.15) is 0 Å². The van der Waals surface area contributed by atoms with Crippen LogP contribution in [0.4, 0.5) is 0 Å². The molecule has 5 heteroatoms. The van der Waals surface area contributed by atoms with Gasteiger partial charge in [0.2, 0.25) is 0 Å². The summed E-state index contributed by atoms with van der Waals surface area (Å²) >= 11 is 8.05. The second kappa shape index (κ2) is 10.00. The number of thiophene rings is 4. The first-order valence-electron chi connectivity index (χ1n) is 15.0. The van der Waals surface area contributed by atoms with Gasteiger partial charge < -0.3 is 0 Å². The highest BCUT2D eigenvalue weighted by atomic mass is 32.1. The van der Waals surface area contributed by atoms with Crippen molar-refractivity contribution < 1.29 is 0 Å². The van der Waals surface area contributed by atoms with Gasteiger partial charge >= 0.3 is 0 Å². The van der Waals surface area contributed by atoms with Crippen molar-refractivity contribution in [1.82, 2.24) is 0 Å². The molecule has 4 heterocycles. The van der Waals surface area contributed by atoms with Crippen LogP contribution in [0.1, 0.15) is 79.4 Å². The van der Waals surface area contributed by atoms with E-state index in [4.69, 9.17) is 0 Å². The van der Waals surface area contributed by atoms with Crippen molar-refractivity contribution in [2.75, 3.05) is 0 Å². The fourth-order valence-electron chi connectivity index (χ4n) is 7.32. The van der Waals surface area contributed by atoms with Crippen LogP contribution in [-0.4, -0.2) is 10.3 Å². The van der Waals surface area contributed by atoms with E-state index < -0.39 is 0 Å². The maximum absolute atomic E-state index is 2.62. The summed E-state index contributed by atoms with van der Waals surface area (Å²) in [4.78, 5) is 0. The number of fused-ring (bicyclic) bond motifs is 11. The maximum atomic E-state index is 2.62. The summed E-state index contributed by atoms with van der Waals surface area (Å²) in [5, 5.41) is 11.8. The van der Waals surface area contributed by atoms with E-state index in [2.05, 4.69) is 131 Å². The number of aryl methyl sites for hydroxylation is 2. The van der Waals surface area contributed by atoms with E-state index in [9.17, 15) is 0 Å². The van der Waals surface area contributed by atoms with Crippen molar-refractivity contribution in [3.63, 3.8) is 0 Å². The van der Waals surface area contributed by atoms with E-state index in [0.29, 0.717) is 0 Å². The summed E-state index contributed by atoms with van der Waals surface area (Å²) in [6.07, 6.45) is 4.69. The minimum Gasteiger partial charge on any atom is -0.144 e. The summed E-state index contributed by atoms with van der Waals surface area (Å²) < 4.78 is 10.5. The van der Waals surface area contributed by atoms with Gasteiger partial charge in [-0.15, -0.1) is 45.3 Å². The highest BCUT2D eigenvalue weighted by Crippen LogP contribution is 2.60. The third-order valence-electron chi connectivity index (χ3n) is 8.35. The molecule has 212 valence electrons. The van der Waals surface area contributed by atoms with E-state index in [-0.39, 0.29) is 18.2 Å². The van der Waals surface area contributed by atoms with Gasteiger partial charge in [-0.05, 0) is 76.1 Å². The number of rotatable bonds is 5. The van der Waals surface area contributed by atoms with Crippen molar-refractivity contribution in [3.05, 3.63) is 52.9 Å². The van der Waals surface area contributed by atoms with Crippen LogP contribution in [0.3, 0.4) is 0 Å². The van der Waals surface area contributed by atoms with Crippen molar-refractivity contribution in [2.24, 2.45) is 0 Å². The zero-order valence-corrected chi connectivity index (χ0v) is 29.6. The molecule has 0 fully saturated rings. The Balaban J connectivity index is 1.70. The summed E-state index contributed by atoms with van der Waals surface area (Å²) in [7, 11) is -0.336. The molecule has 0 nitrogen and oxygen atoms in total. The van der Waals surface area contributed by atoms with Gasteiger partial charge in [0.05, 0.1) is 0 Å². The fourth-order valence-corrected chi connectivity index (χ4v) is 17.5. The summed E-state index contributed by atoms with van der Waals surface area (Å²) in [5.74, 6) is 0. The first-order valence-corrected chi connectivity index (χ1v) is 19.6. The normalized spacial score (nSPS) is 13.5. The van der Waals surface area contributed by atoms with Gasteiger partial charge in [0, 0.05) is 65.1 Å². The molecule has 0 atom stereocenters. The SMILES string of the molecule is CCCc1c(CCC)c2sc3ccc4sc(P(C(C)(C)C)C(C)(C)C)cc4c3c2c2c1sc1ccc3sccc3c12. The van der Waals surface area contributed by atoms with Crippen LogP contribution in [0.2, 0.25) is 0 Å². The Labute approximate surface area is 261 Å². The average molecular weight is 631 g/mol. The van der Waals surface area contributed by atoms with Gasteiger partial charge in [-0.2, -0.15) is 0 Å². The van der Waals surface area contributed by atoms with Gasteiger partial charge in [-0.3, -0.25) is 0 Å². The summed E-state index contributed by atoms with van der Waals surface area (Å²) in [5.41, 5.74) is 3.25. The van der Waals surface area contributed by atoms with Crippen molar-refractivity contribution in [1.29, 1.82) is 0 Å². The van der Waals surface area contributed by atoms with Crippen LogP contribution in [0.15, 0.2) is 41.8 Å². The first kappa shape index (κ1) is 28.2. The number of hydrogen-bond donors (Lipinski definition) is 0. The summed E-state index contributed by atoms with van der Waals surface area (Å²) in [6, 6.07) is 14.6. The molecule has 4 aromatic heterocycles. The monoisotopic (exact) mass is 630 g/mol. The molecule has 0 saturated heterocycles. The van der Waals surface area contributed by atoms with E-state index in [1.165, 1.54) is 58.6 Å². The third kappa shape index (κ3) is 4.34. The van der Waals surface area contributed by atoms with E-state index in [1.54, 1.807) is 30.5 Å². The highest BCUT2D eigenvalue weighted by molar-refractivity contribution is 7.74. The summed E-state index contributed by atoms with van der Waals surface area (Å²) in [6.45, 7) is 19.4. The third-order valence-corrected chi connectivity index (χ3v) is 16.6. The molecule has 7 aromatic rings. The smallest absolute Gasteiger partial charge is 0.0397 e. The Morgan fingerprint density at radius 1 is 0.585 bits per heavy atom. The molecular weight excluding hydrogens is 592 g/mol. The zero-order chi connectivity index (χ0) is 28.8. The van der Waals surface area contributed by atoms with Gasteiger partial charge in [0.15, 0.2) is 0 Å². The fraction of sp³-hybridized carbons (Fsp3) is 0.389. The molecule has 0 aliphatic rings. The molecule has 0 unspecified atom stereocenters. The van der Waals surface area contributed by atoms with Gasteiger partial charge in [0.25, 0.3) is 0 Å². The molecule has 0 N–H and O–H groups in total. The second-order valence-corrected chi connectivity index (χ2v) is 21.7. The standard InChI is InChI=1S/C36H39PS4/c1-9-11-20-21(12-10-2)34-32(31-29-22-17-18-38-24(22)13-15-26(29)40-33(20)31)30-23-19-28(37(35(3,4)5)36(6,7)8)39-25(23)14-16-27(30)41-34/h13-19H,9-12H2,1-8H3. The Kier molecular flexibility index (Phi) is 6.88. The lowest BCUT2D eigenvalue weighted by Gasteiger charge is -2.40. The van der Waals surface area contributed by atoms with Gasteiger partial charge in [-0.25, -0.2) is 0 Å². The zero-order valence-electron chi connectivity index (χ0n) is 25.5. The predicted molar refractivity (Wildman–Crippen MR) is 197 cm³/mol. The molecule has 0 aliphatic heterocycles. The Hall–Kier alpha value is -1.55. The molecule has 0 amide bonds. The Morgan fingerprint density at radius 3 is 1.63 bits per heavy atom. The second-order valence-electron chi connectivity index (χ2n) is 13.5. The van der Waals surface area contributed by atoms with Crippen molar-refractivity contribution in [2.45, 2.75) is 91.4 Å². The van der Waals surface area contributed by atoms with Crippen LogP contribution in [0.25, 0.3) is 60.5 Å². The Bertz CT molecular complexity index is 2080. The lowest BCUT2D eigenvalue weighted by atomic mass is 9.92. The average Bonchev–Trinajstić information content (AvgIpc) is 3.65. The van der Waals surface area contributed by atoms with Crippen LogP contribution in [0, 0.1) is 0 Å². The topological polar surface area (TPSA) is 0 Å². The van der Waals surface area contributed by atoms with E-state index in [1.807, 2.05) is 11.3 Å². The molecule has 0 radical (unpaired) electrons. The molecule has 0 saturated carbocycles. The minimum atomic E-state index is -0.336. The quantitative estimate of drug-likeness (QED) is 0.166. The van der Waals surface area contributed by atoms with Crippen molar-refractivity contribution in [3.8, 4) is 0 Å². The van der Waals surface area contributed by atoms with Crippen LogP contribution in [-0.2, 0) is 12.8 Å². The largest absolute Gasteiger partial charge is 0.144 e. The number of hydrogen-bond acceptors (Lipinski definition) is 4. The maximum Gasteiger partial charge on any atom is 0.0397 e. The molecular formula is C36H39PS4. The lowest BCUT2D eigenvalue weighted by Crippen LogP contribution is -2.29. The Morgan fingerprint density at radius 2 is 1.10 bits per heavy atom. The van der Waals surface area contributed by atoms with E-state index in [0.717, 1.165) is 12.8 Å². The van der Waals surface area contributed by atoms with Crippen LogP contribution >= 0.6 is 53.3 Å². The van der Waals surface area contributed by atoms with Crippen molar-refractivity contribution >= 4 is 118 Å². The number of benzene rings is 3. The first-order chi connectivity index (χ1) is 19.5. The minimum absolute atomic E-state index is 0.259. The van der Waals surface area contributed by atoms with Crippen LogP contribution < -0.4 is 4.62 Å². The lowest BCUT2D eigenvalue weighted by molar-refractivity contribution is 0.715.